The van der Waals surface area contributed by atoms with Gasteiger partial charge in [-0.15, -0.1) is 0 Å². The molecule has 0 aliphatic carbocycles. The van der Waals surface area contributed by atoms with Crippen molar-refractivity contribution in [1.29, 1.82) is 0 Å². The first-order valence-corrected chi connectivity index (χ1v) is 4.95. The maximum Gasteiger partial charge on any atom is 0.270 e. The van der Waals surface area contributed by atoms with Gasteiger partial charge in [-0.05, 0) is 6.07 Å². The minimum Gasteiger partial charge on any atom is -0.336 e. The third kappa shape index (κ3) is 1.56. The lowest BCUT2D eigenvalue weighted by Gasteiger charge is -2.11. The van der Waals surface area contributed by atoms with E-state index >= 15 is 0 Å². The van der Waals surface area contributed by atoms with Gasteiger partial charge in [0, 0.05) is 24.1 Å². The van der Waals surface area contributed by atoms with Crippen molar-refractivity contribution in [3.8, 4) is 0 Å². The number of non-ortho nitro benzene ring substituents is 1. The first-order valence-electron chi connectivity index (χ1n) is 4.14. The van der Waals surface area contributed by atoms with Crippen molar-refractivity contribution in [3.63, 3.8) is 0 Å². The van der Waals surface area contributed by atoms with Crippen molar-refractivity contribution < 1.29 is 9.31 Å². The van der Waals surface area contributed by atoms with E-state index in [-0.39, 0.29) is 5.69 Å². The smallest absolute Gasteiger partial charge is 0.270 e. The van der Waals surface area contributed by atoms with E-state index in [0.29, 0.717) is 16.3 Å². The Morgan fingerprint density at radius 1 is 1.60 bits per heavy atom. The molecule has 0 saturated heterocycles. The molecule has 0 radical (unpaired) electrons. The van der Waals surface area contributed by atoms with Crippen LogP contribution in [0, 0.1) is 10.1 Å². The topological polar surface area (TPSA) is 46.4 Å². The first kappa shape index (κ1) is 9.97. The Bertz CT molecular complexity index is 461. The first-order chi connectivity index (χ1) is 7.13. The second-order valence-corrected chi connectivity index (χ2v) is 4.08. The summed E-state index contributed by atoms with van der Waals surface area (Å²) in [4.78, 5) is 12.4. The molecule has 0 fully saturated rings. The molecule has 1 aromatic rings. The lowest BCUT2D eigenvalue weighted by atomic mass is 10.2. The molecule has 2 rings (SSSR count). The van der Waals surface area contributed by atoms with Crippen LogP contribution in [0.5, 0.6) is 0 Å². The molecule has 0 aromatic heterocycles. The van der Waals surface area contributed by atoms with Crippen molar-refractivity contribution in [1.82, 2.24) is 0 Å². The van der Waals surface area contributed by atoms with Crippen LogP contribution in [-0.2, 0) is 0 Å². The minimum absolute atomic E-state index is 0.0229. The zero-order valence-corrected chi connectivity index (χ0v) is 8.62. The fourth-order valence-electron chi connectivity index (χ4n) is 1.37. The molecule has 1 heterocycles. The van der Waals surface area contributed by atoms with Gasteiger partial charge in [0.25, 0.3) is 5.69 Å². The highest BCUT2D eigenvalue weighted by Gasteiger charge is 2.24. The van der Waals surface area contributed by atoms with Crippen molar-refractivity contribution >= 4 is 23.1 Å². The summed E-state index contributed by atoms with van der Waals surface area (Å²) in [6.07, 6.45) is 0.497. The second kappa shape index (κ2) is 3.54. The molecular weight excluding hydrogens is 219 g/mol. The third-order valence-electron chi connectivity index (χ3n) is 2.15. The molecule has 1 aromatic carbocycles. The largest absolute Gasteiger partial charge is 0.336 e. The minimum atomic E-state index is -0.460. The summed E-state index contributed by atoms with van der Waals surface area (Å²) in [7, 11) is 1.72. The molecule has 4 nitrogen and oxygen atoms in total. The predicted molar refractivity (Wildman–Crippen MR) is 56.5 cm³/mol. The number of fused-ring (bicyclic) bond motifs is 1. The normalized spacial score (nSPS) is 16.9. The number of nitro benzene ring substituents is 1. The van der Waals surface area contributed by atoms with Crippen LogP contribution in [0.3, 0.4) is 0 Å². The number of rotatable bonds is 1. The standard InChI is InChI=1S/C9H7FN2O2S/c1-11-7-3-2-6(12(13)14)4-8(7)15-9(11)5-10/h2-5H,1H3/b9-5+. The Morgan fingerprint density at radius 3 is 2.93 bits per heavy atom. The number of benzene rings is 1. The van der Waals surface area contributed by atoms with Gasteiger partial charge in [0.05, 0.1) is 10.6 Å². The fraction of sp³-hybridized carbons (Fsp3) is 0.111. The van der Waals surface area contributed by atoms with Gasteiger partial charge in [-0.1, -0.05) is 11.8 Å². The van der Waals surface area contributed by atoms with Crippen molar-refractivity contribution in [2.75, 3.05) is 11.9 Å². The molecule has 0 atom stereocenters. The zero-order chi connectivity index (χ0) is 11.0. The van der Waals surface area contributed by atoms with Crippen LogP contribution in [0.4, 0.5) is 15.8 Å². The van der Waals surface area contributed by atoms with E-state index in [1.807, 2.05) is 0 Å². The van der Waals surface area contributed by atoms with Crippen LogP contribution in [0.1, 0.15) is 0 Å². The van der Waals surface area contributed by atoms with Gasteiger partial charge in [-0.3, -0.25) is 10.1 Å². The number of hydrogen-bond acceptors (Lipinski definition) is 4. The molecule has 15 heavy (non-hydrogen) atoms. The molecule has 0 unspecified atom stereocenters. The molecule has 78 valence electrons. The van der Waals surface area contributed by atoms with E-state index < -0.39 is 4.92 Å². The summed E-state index contributed by atoms with van der Waals surface area (Å²) in [5.41, 5.74) is 0.809. The van der Waals surface area contributed by atoms with Crippen LogP contribution in [0.25, 0.3) is 0 Å². The van der Waals surface area contributed by atoms with Crippen LogP contribution in [-0.4, -0.2) is 12.0 Å². The predicted octanol–water partition coefficient (Wildman–Crippen LogP) is 2.91. The van der Waals surface area contributed by atoms with Gasteiger partial charge < -0.3 is 4.90 Å². The molecule has 6 heteroatoms. The lowest BCUT2D eigenvalue weighted by molar-refractivity contribution is -0.385. The van der Waals surface area contributed by atoms with E-state index in [2.05, 4.69) is 0 Å². The summed E-state index contributed by atoms with van der Waals surface area (Å²) >= 11 is 1.18. The van der Waals surface area contributed by atoms with Gasteiger partial charge in [0.15, 0.2) is 0 Å². The third-order valence-corrected chi connectivity index (χ3v) is 3.27. The Morgan fingerprint density at radius 2 is 2.33 bits per heavy atom. The summed E-state index contributed by atoms with van der Waals surface area (Å²) in [5, 5.41) is 11.0. The van der Waals surface area contributed by atoms with Crippen molar-refractivity contribution in [2.24, 2.45) is 0 Å². The summed E-state index contributed by atoms with van der Waals surface area (Å²) in [5.74, 6) is 0. The quantitative estimate of drug-likeness (QED) is 0.545. The summed E-state index contributed by atoms with van der Waals surface area (Å²) < 4.78 is 12.4. The van der Waals surface area contributed by atoms with Gasteiger partial charge in [0.1, 0.15) is 11.4 Å². The molecular formula is C9H7FN2O2S. The highest BCUT2D eigenvalue weighted by molar-refractivity contribution is 8.03. The molecule has 0 saturated carbocycles. The summed E-state index contributed by atoms with van der Waals surface area (Å²) in [6, 6.07) is 4.49. The van der Waals surface area contributed by atoms with Gasteiger partial charge in [-0.25, -0.2) is 4.39 Å². The number of anilines is 1. The monoisotopic (exact) mass is 226 g/mol. The molecule has 0 spiro atoms. The highest BCUT2D eigenvalue weighted by atomic mass is 32.2. The van der Waals surface area contributed by atoms with Crippen LogP contribution in [0.15, 0.2) is 34.5 Å². The number of nitro groups is 1. The number of hydrogen-bond donors (Lipinski definition) is 0. The van der Waals surface area contributed by atoms with Crippen LogP contribution < -0.4 is 4.90 Å². The van der Waals surface area contributed by atoms with Crippen LogP contribution >= 0.6 is 11.8 Å². The molecule has 1 aliphatic heterocycles. The van der Waals surface area contributed by atoms with E-state index in [1.54, 1.807) is 18.0 Å². The van der Waals surface area contributed by atoms with E-state index in [9.17, 15) is 14.5 Å². The van der Waals surface area contributed by atoms with Gasteiger partial charge in [0.2, 0.25) is 0 Å². The van der Waals surface area contributed by atoms with Crippen LogP contribution in [0.2, 0.25) is 0 Å². The van der Waals surface area contributed by atoms with Crippen molar-refractivity contribution in [3.05, 3.63) is 39.7 Å². The summed E-state index contributed by atoms with van der Waals surface area (Å²) in [6.45, 7) is 0. The molecule has 0 amide bonds. The van der Waals surface area contributed by atoms with E-state index in [0.717, 1.165) is 5.69 Å². The highest BCUT2D eigenvalue weighted by Crippen LogP contribution is 2.46. The van der Waals surface area contributed by atoms with E-state index in [4.69, 9.17) is 0 Å². The number of thioether (sulfide) groups is 1. The fourth-order valence-corrected chi connectivity index (χ4v) is 2.36. The van der Waals surface area contributed by atoms with E-state index in [1.165, 1.54) is 23.9 Å². The Hall–Kier alpha value is -1.56. The zero-order valence-electron chi connectivity index (χ0n) is 7.81. The Kier molecular flexibility index (Phi) is 2.36. The Balaban J connectivity index is 2.47. The Labute approximate surface area is 89.5 Å². The lowest BCUT2D eigenvalue weighted by Crippen LogP contribution is -2.08. The number of halogens is 1. The second-order valence-electron chi connectivity index (χ2n) is 3.02. The molecule has 1 aliphatic rings. The van der Waals surface area contributed by atoms with Gasteiger partial charge >= 0.3 is 0 Å². The van der Waals surface area contributed by atoms with Crippen molar-refractivity contribution in [2.45, 2.75) is 4.90 Å². The maximum atomic E-state index is 12.4. The maximum absolute atomic E-state index is 12.4. The average molecular weight is 226 g/mol. The SMILES string of the molecule is CN1/C(=C\F)Sc2cc([N+](=O)[O-])ccc21. The molecule has 0 bridgehead atoms. The molecule has 0 N–H and O–H groups in total. The van der Waals surface area contributed by atoms with Gasteiger partial charge in [-0.2, -0.15) is 0 Å². The average Bonchev–Trinajstić information content (AvgIpc) is 2.55. The number of nitrogens with zero attached hydrogens (tertiary/aromatic N) is 2.